The van der Waals surface area contributed by atoms with Crippen molar-refractivity contribution in [3.63, 3.8) is 0 Å². The van der Waals surface area contributed by atoms with Gasteiger partial charge in [0, 0.05) is 29.5 Å². The van der Waals surface area contributed by atoms with Gasteiger partial charge in [0.25, 0.3) is 10.0 Å². The Morgan fingerprint density at radius 3 is 2.51 bits per heavy atom. The first-order valence-electron chi connectivity index (χ1n) is 11.9. The first-order valence-corrected chi connectivity index (χ1v) is 13.4. The van der Waals surface area contributed by atoms with Crippen molar-refractivity contribution in [2.75, 3.05) is 12.1 Å². The second-order valence-corrected chi connectivity index (χ2v) is 9.96. The summed E-state index contributed by atoms with van der Waals surface area (Å²) in [6.07, 6.45) is 5.77. The van der Waals surface area contributed by atoms with E-state index < -0.39 is 26.6 Å². The van der Waals surface area contributed by atoms with Crippen LogP contribution in [0.2, 0.25) is 0 Å². The SMILES string of the molecule is C=C/C(=C\C(=C/N)c1ccc2nccc(-c3ccc(NOCC)cc3)c2c1)NS(=O)(=O)c1ccc(F)cc1F. The Morgan fingerprint density at radius 2 is 1.85 bits per heavy atom. The number of fused-ring (bicyclic) bond motifs is 1. The molecular formula is C29H26F2N4O3S. The number of benzene rings is 3. The molecule has 0 aliphatic heterocycles. The third-order valence-corrected chi connectivity index (χ3v) is 7.17. The Bertz CT molecular complexity index is 1690. The van der Waals surface area contributed by atoms with Gasteiger partial charge in [-0.15, -0.1) is 0 Å². The molecule has 0 saturated carbocycles. The number of nitrogens with two attached hydrogens (primary N) is 1. The van der Waals surface area contributed by atoms with Gasteiger partial charge in [-0.05, 0) is 83.8 Å². The lowest BCUT2D eigenvalue weighted by Crippen LogP contribution is -2.23. The number of sulfonamides is 1. The predicted molar refractivity (Wildman–Crippen MR) is 150 cm³/mol. The lowest BCUT2D eigenvalue weighted by Gasteiger charge is -2.12. The van der Waals surface area contributed by atoms with Crippen molar-refractivity contribution in [1.82, 2.24) is 9.71 Å². The zero-order chi connectivity index (χ0) is 28.0. The fraction of sp³-hybridized carbons (Fsp3) is 0.0690. The fourth-order valence-electron chi connectivity index (χ4n) is 3.88. The van der Waals surface area contributed by atoms with Gasteiger partial charge in [-0.25, -0.2) is 17.2 Å². The van der Waals surface area contributed by atoms with Crippen LogP contribution < -0.4 is 15.9 Å². The van der Waals surface area contributed by atoms with Crippen LogP contribution >= 0.6 is 0 Å². The van der Waals surface area contributed by atoms with Crippen LogP contribution in [0.4, 0.5) is 14.5 Å². The van der Waals surface area contributed by atoms with E-state index in [1.807, 2.05) is 49.4 Å². The van der Waals surface area contributed by atoms with Gasteiger partial charge in [-0.2, -0.15) is 0 Å². The molecular weight excluding hydrogens is 522 g/mol. The molecule has 1 heterocycles. The average Bonchev–Trinajstić information content (AvgIpc) is 2.93. The van der Waals surface area contributed by atoms with Crippen LogP contribution in [0.5, 0.6) is 0 Å². The molecule has 0 radical (unpaired) electrons. The van der Waals surface area contributed by atoms with E-state index in [-0.39, 0.29) is 5.70 Å². The highest BCUT2D eigenvalue weighted by Crippen LogP contribution is 2.31. The van der Waals surface area contributed by atoms with Gasteiger partial charge in [0.05, 0.1) is 17.8 Å². The Morgan fingerprint density at radius 1 is 1.08 bits per heavy atom. The summed E-state index contributed by atoms with van der Waals surface area (Å²) in [5.41, 5.74) is 13.4. The van der Waals surface area contributed by atoms with Crippen LogP contribution in [0.15, 0.2) is 108 Å². The predicted octanol–water partition coefficient (Wildman–Crippen LogP) is 5.89. The molecule has 4 rings (SSSR count). The molecule has 4 aromatic rings. The van der Waals surface area contributed by atoms with Crippen molar-refractivity contribution in [2.24, 2.45) is 5.73 Å². The second-order valence-electron chi connectivity index (χ2n) is 8.31. The van der Waals surface area contributed by atoms with Crippen LogP contribution in [0, 0.1) is 11.6 Å². The van der Waals surface area contributed by atoms with Crippen molar-refractivity contribution in [3.8, 4) is 11.1 Å². The summed E-state index contributed by atoms with van der Waals surface area (Å²) in [6.45, 7) is 6.06. The van der Waals surface area contributed by atoms with Crippen molar-refractivity contribution in [1.29, 1.82) is 0 Å². The lowest BCUT2D eigenvalue weighted by molar-refractivity contribution is 0.210. The Labute approximate surface area is 225 Å². The third-order valence-electron chi connectivity index (χ3n) is 5.75. The van der Waals surface area contributed by atoms with E-state index >= 15 is 0 Å². The molecule has 7 nitrogen and oxygen atoms in total. The summed E-state index contributed by atoms with van der Waals surface area (Å²) < 4.78 is 55.2. The van der Waals surface area contributed by atoms with Crippen LogP contribution in [0.25, 0.3) is 27.6 Å². The number of hydrogen-bond acceptors (Lipinski definition) is 6. The first-order chi connectivity index (χ1) is 18.7. The van der Waals surface area contributed by atoms with Crippen molar-refractivity contribution >= 4 is 32.2 Å². The summed E-state index contributed by atoms with van der Waals surface area (Å²) in [7, 11) is -4.37. The molecule has 0 aliphatic carbocycles. The highest BCUT2D eigenvalue weighted by Gasteiger charge is 2.20. The van der Waals surface area contributed by atoms with Crippen molar-refractivity contribution in [3.05, 3.63) is 121 Å². The second kappa shape index (κ2) is 11.9. The highest BCUT2D eigenvalue weighted by atomic mass is 32.2. The number of halogens is 2. The number of allylic oxidation sites excluding steroid dienone is 3. The standard InChI is InChI=1S/C29H26F2N4O3S/c1-3-23(35-39(36,37)29-12-8-22(30)17-27(29)31)15-21(18-32)20-7-11-28-26(16-20)25(13-14-33-28)19-5-9-24(10-6-19)34-38-4-2/h3,5-18,34-35H,1,4,32H2,2H3/b21-18+,23-15+. The molecule has 0 atom stereocenters. The van der Waals surface area contributed by atoms with Gasteiger partial charge in [-0.3, -0.25) is 20.0 Å². The van der Waals surface area contributed by atoms with Crippen LogP contribution in [0.3, 0.4) is 0 Å². The summed E-state index contributed by atoms with van der Waals surface area (Å²) in [5, 5.41) is 0.849. The van der Waals surface area contributed by atoms with E-state index in [2.05, 4.69) is 21.8 Å². The van der Waals surface area contributed by atoms with Gasteiger partial charge in [0.1, 0.15) is 16.5 Å². The van der Waals surface area contributed by atoms with E-state index in [1.54, 1.807) is 12.3 Å². The normalized spacial score (nSPS) is 12.4. The molecule has 200 valence electrons. The molecule has 0 bridgehead atoms. The molecule has 4 N–H and O–H groups in total. The third kappa shape index (κ3) is 6.31. The number of rotatable bonds is 10. The largest absolute Gasteiger partial charge is 0.404 e. The maximum Gasteiger partial charge on any atom is 0.264 e. The van der Waals surface area contributed by atoms with Gasteiger partial charge < -0.3 is 5.73 Å². The summed E-state index contributed by atoms with van der Waals surface area (Å²) in [5.74, 6) is -2.10. The Kier molecular flexibility index (Phi) is 8.38. The zero-order valence-corrected chi connectivity index (χ0v) is 21.8. The molecule has 1 aromatic heterocycles. The van der Waals surface area contributed by atoms with E-state index in [9.17, 15) is 17.2 Å². The fourth-order valence-corrected chi connectivity index (χ4v) is 5.00. The summed E-state index contributed by atoms with van der Waals surface area (Å²) >= 11 is 0. The number of pyridine rings is 1. The molecule has 10 heteroatoms. The van der Waals surface area contributed by atoms with Crippen LogP contribution in [-0.2, 0) is 14.9 Å². The van der Waals surface area contributed by atoms with Crippen molar-refractivity contribution < 1.29 is 22.0 Å². The molecule has 0 saturated heterocycles. The lowest BCUT2D eigenvalue weighted by atomic mass is 9.97. The van der Waals surface area contributed by atoms with Gasteiger partial charge in [0.15, 0.2) is 0 Å². The Balaban J connectivity index is 1.68. The summed E-state index contributed by atoms with van der Waals surface area (Å²) in [4.78, 5) is 8.99. The smallest absolute Gasteiger partial charge is 0.264 e. The van der Waals surface area contributed by atoms with Crippen LogP contribution in [0.1, 0.15) is 12.5 Å². The number of anilines is 1. The minimum absolute atomic E-state index is 0.0410. The minimum Gasteiger partial charge on any atom is -0.404 e. The monoisotopic (exact) mass is 548 g/mol. The topological polar surface area (TPSA) is 106 Å². The molecule has 0 spiro atoms. The first kappa shape index (κ1) is 27.5. The zero-order valence-electron chi connectivity index (χ0n) is 21.0. The Hall–Kier alpha value is -4.54. The average molecular weight is 549 g/mol. The molecule has 3 aromatic carbocycles. The van der Waals surface area contributed by atoms with Crippen LogP contribution in [-0.4, -0.2) is 20.0 Å². The quantitative estimate of drug-likeness (QED) is 0.169. The molecule has 0 amide bonds. The highest BCUT2D eigenvalue weighted by molar-refractivity contribution is 7.89. The number of hydrogen-bond donors (Lipinski definition) is 3. The minimum atomic E-state index is -4.37. The number of nitrogens with one attached hydrogen (secondary N) is 2. The van der Waals surface area contributed by atoms with E-state index in [1.165, 1.54) is 18.4 Å². The van der Waals surface area contributed by atoms with E-state index in [0.29, 0.717) is 23.8 Å². The van der Waals surface area contributed by atoms with Gasteiger partial charge >= 0.3 is 0 Å². The number of aromatic nitrogens is 1. The molecule has 39 heavy (non-hydrogen) atoms. The van der Waals surface area contributed by atoms with Gasteiger partial charge in [-0.1, -0.05) is 24.8 Å². The maximum atomic E-state index is 14.1. The van der Waals surface area contributed by atoms with E-state index in [0.717, 1.165) is 39.8 Å². The molecule has 0 unspecified atom stereocenters. The van der Waals surface area contributed by atoms with Gasteiger partial charge in [0.2, 0.25) is 0 Å². The molecule has 0 aliphatic rings. The van der Waals surface area contributed by atoms with E-state index in [4.69, 9.17) is 10.6 Å². The molecule has 0 fully saturated rings. The van der Waals surface area contributed by atoms with Crippen molar-refractivity contribution in [2.45, 2.75) is 11.8 Å². The number of nitrogens with zero attached hydrogens (tertiary/aromatic N) is 1. The maximum absolute atomic E-state index is 14.1. The summed E-state index contributed by atoms with van der Waals surface area (Å²) in [6, 6.07) is 17.4.